The Labute approximate surface area is 208 Å². The van der Waals surface area contributed by atoms with E-state index in [0.717, 1.165) is 6.61 Å². The Morgan fingerprint density at radius 3 is 1.48 bits per heavy atom. The third kappa shape index (κ3) is 13.8. The van der Waals surface area contributed by atoms with E-state index >= 15 is 0 Å². The van der Waals surface area contributed by atoms with Crippen molar-refractivity contribution in [3.8, 4) is 0 Å². The minimum Gasteiger partial charge on any atom is -0.378 e. The third-order valence-corrected chi connectivity index (χ3v) is 7.61. The van der Waals surface area contributed by atoms with Crippen molar-refractivity contribution in [1.82, 2.24) is 4.90 Å². The summed E-state index contributed by atoms with van der Waals surface area (Å²) in [6.45, 7) is 19.6. The Kier molecular flexibility index (Phi) is 16.4. The van der Waals surface area contributed by atoms with Gasteiger partial charge < -0.3 is 4.74 Å². The molecule has 0 radical (unpaired) electrons. The number of hydrogen-bond donors (Lipinski definition) is 0. The summed E-state index contributed by atoms with van der Waals surface area (Å²) in [5.41, 5.74) is 0.449. The summed E-state index contributed by atoms with van der Waals surface area (Å²) in [5, 5.41) is 0. The molecule has 1 saturated heterocycles. The van der Waals surface area contributed by atoms with Gasteiger partial charge in [-0.25, -0.2) is 0 Å². The molecule has 194 valence electrons. The molecule has 1 heterocycles. The van der Waals surface area contributed by atoms with Gasteiger partial charge in [0.2, 0.25) is 0 Å². The summed E-state index contributed by atoms with van der Waals surface area (Å²) in [6, 6.07) is 0. The van der Waals surface area contributed by atoms with E-state index in [0.29, 0.717) is 6.10 Å². The summed E-state index contributed by atoms with van der Waals surface area (Å²) in [7, 11) is 0. The van der Waals surface area contributed by atoms with Crippen molar-refractivity contribution in [3.05, 3.63) is 25.3 Å². The molecule has 0 aromatic carbocycles. The largest absolute Gasteiger partial charge is 0.378 e. The summed E-state index contributed by atoms with van der Waals surface area (Å²) in [6.07, 6.45) is 28.1. The van der Waals surface area contributed by atoms with Gasteiger partial charge >= 0.3 is 0 Å². The minimum absolute atomic E-state index is 0.225. The lowest BCUT2D eigenvalue weighted by Gasteiger charge is -2.55. The fourth-order valence-corrected chi connectivity index (χ4v) is 5.92. The number of ether oxygens (including phenoxy) is 1. The molecule has 0 unspecified atom stereocenters. The molecule has 0 saturated carbocycles. The molecular formula is C31H59NO. The van der Waals surface area contributed by atoms with E-state index in [4.69, 9.17) is 4.74 Å². The van der Waals surface area contributed by atoms with Crippen LogP contribution in [0.1, 0.15) is 143 Å². The Morgan fingerprint density at radius 2 is 1.03 bits per heavy atom. The van der Waals surface area contributed by atoms with Gasteiger partial charge in [0.05, 0.1) is 6.10 Å². The van der Waals surface area contributed by atoms with Crippen molar-refractivity contribution in [1.29, 1.82) is 0 Å². The second-order valence-corrected chi connectivity index (χ2v) is 11.8. The van der Waals surface area contributed by atoms with Crippen molar-refractivity contribution in [2.24, 2.45) is 0 Å². The topological polar surface area (TPSA) is 12.5 Å². The van der Waals surface area contributed by atoms with Gasteiger partial charge in [0, 0.05) is 17.7 Å². The van der Waals surface area contributed by atoms with Crippen molar-refractivity contribution < 1.29 is 4.74 Å². The first-order chi connectivity index (χ1) is 15.8. The van der Waals surface area contributed by atoms with E-state index in [2.05, 4.69) is 45.8 Å². The van der Waals surface area contributed by atoms with E-state index in [9.17, 15) is 0 Å². The fourth-order valence-electron chi connectivity index (χ4n) is 5.92. The number of rotatable bonds is 21. The van der Waals surface area contributed by atoms with E-state index in [-0.39, 0.29) is 11.1 Å². The van der Waals surface area contributed by atoms with Crippen LogP contribution in [0.5, 0.6) is 0 Å². The van der Waals surface area contributed by atoms with Crippen LogP contribution < -0.4 is 0 Å². The smallest absolute Gasteiger partial charge is 0.0610 e. The molecule has 1 aliphatic heterocycles. The molecule has 2 heteroatoms. The number of likely N-dealkylation sites (tertiary alicyclic amines) is 1. The number of hydrogen-bond acceptors (Lipinski definition) is 2. The van der Waals surface area contributed by atoms with Crippen LogP contribution in [0.15, 0.2) is 25.3 Å². The van der Waals surface area contributed by atoms with Gasteiger partial charge in [-0.15, -0.1) is 13.2 Å². The van der Waals surface area contributed by atoms with Gasteiger partial charge in [-0.3, -0.25) is 4.90 Å². The number of piperidine rings is 1. The lowest BCUT2D eigenvalue weighted by Crippen LogP contribution is -2.62. The van der Waals surface area contributed by atoms with Crippen LogP contribution in [-0.2, 0) is 4.74 Å². The summed E-state index contributed by atoms with van der Waals surface area (Å²) < 4.78 is 6.42. The number of nitrogens with zero attached hydrogens (tertiary/aromatic N) is 1. The zero-order valence-electron chi connectivity index (χ0n) is 23.1. The highest BCUT2D eigenvalue weighted by atomic mass is 16.5. The van der Waals surface area contributed by atoms with E-state index in [1.807, 2.05) is 12.2 Å². The van der Waals surface area contributed by atoms with Crippen LogP contribution in [0.25, 0.3) is 0 Å². The van der Waals surface area contributed by atoms with Gasteiger partial charge in [0.25, 0.3) is 0 Å². The highest BCUT2D eigenvalue weighted by Gasteiger charge is 2.45. The van der Waals surface area contributed by atoms with E-state index in [1.165, 1.54) is 122 Å². The highest BCUT2D eigenvalue weighted by molar-refractivity contribution is 5.00. The summed E-state index contributed by atoms with van der Waals surface area (Å²) in [4.78, 5) is 2.79. The SMILES string of the molecule is C=CCCCCCCCCCOC1CC(C)(C)N(CCCCCCCCCC=C)C(C)(C)C1. The molecule has 0 N–H and O–H groups in total. The van der Waals surface area contributed by atoms with Crippen LogP contribution >= 0.6 is 0 Å². The fraction of sp³-hybridized carbons (Fsp3) is 0.871. The molecule has 1 rings (SSSR count). The molecule has 0 amide bonds. The molecule has 0 bridgehead atoms. The predicted octanol–water partition coefficient (Wildman–Crippen LogP) is 9.64. The molecule has 1 aliphatic rings. The molecule has 2 nitrogen and oxygen atoms in total. The maximum Gasteiger partial charge on any atom is 0.0610 e. The lowest BCUT2D eigenvalue weighted by molar-refractivity contribution is -0.104. The lowest BCUT2D eigenvalue weighted by atomic mass is 9.78. The maximum absolute atomic E-state index is 6.42. The monoisotopic (exact) mass is 461 g/mol. The Bertz CT molecular complexity index is 477. The molecule has 0 aliphatic carbocycles. The molecule has 0 aromatic heterocycles. The van der Waals surface area contributed by atoms with Crippen molar-refractivity contribution >= 4 is 0 Å². The quantitative estimate of drug-likeness (QED) is 0.125. The van der Waals surface area contributed by atoms with Crippen LogP contribution in [0.3, 0.4) is 0 Å². The van der Waals surface area contributed by atoms with Crippen LogP contribution in [0.2, 0.25) is 0 Å². The van der Waals surface area contributed by atoms with Gasteiger partial charge in [-0.2, -0.15) is 0 Å². The van der Waals surface area contributed by atoms with Gasteiger partial charge in [-0.05, 0) is 85.6 Å². The van der Waals surface area contributed by atoms with Crippen LogP contribution in [0.4, 0.5) is 0 Å². The molecule has 0 atom stereocenters. The van der Waals surface area contributed by atoms with Crippen molar-refractivity contribution in [3.63, 3.8) is 0 Å². The second kappa shape index (κ2) is 17.8. The van der Waals surface area contributed by atoms with Gasteiger partial charge in [0.15, 0.2) is 0 Å². The van der Waals surface area contributed by atoms with Crippen LogP contribution in [-0.4, -0.2) is 35.2 Å². The van der Waals surface area contributed by atoms with Gasteiger partial charge in [0.1, 0.15) is 0 Å². The second-order valence-electron chi connectivity index (χ2n) is 11.8. The van der Waals surface area contributed by atoms with E-state index in [1.54, 1.807) is 0 Å². The van der Waals surface area contributed by atoms with Crippen molar-refractivity contribution in [2.75, 3.05) is 13.2 Å². The molecule has 0 spiro atoms. The zero-order valence-corrected chi connectivity index (χ0v) is 23.1. The zero-order chi connectivity index (χ0) is 24.4. The predicted molar refractivity (Wildman–Crippen MR) is 148 cm³/mol. The standard InChI is InChI=1S/C31H59NO/c1-7-9-11-13-15-17-19-21-23-25-32-30(3,4)27-29(28-31(32,5)6)33-26-24-22-20-18-16-14-12-10-8-2/h7-8,29H,1-2,9-28H2,3-6H3. The molecule has 0 aromatic rings. The Hall–Kier alpha value is -0.600. The maximum atomic E-state index is 6.42. The molecule has 33 heavy (non-hydrogen) atoms. The first-order valence-electron chi connectivity index (χ1n) is 14.4. The normalized spacial score (nSPS) is 18.4. The third-order valence-electron chi connectivity index (χ3n) is 7.61. The Morgan fingerprint density at radius 1 is 0.636 bits per heavy atom. The van der Waals surface area contributed by atoms with E-state index < -0.39 is 0 Å². The summed E-state index contributed by atoms with van der Waals surface area (Å²) >= 11 is 0. The Balaban J connectivity index is 2.19. The van der Waals surface area contributed by atoms with Gasteiger partial charge in [-0.1, -0.05) is 76.4 Å². The summed E-state index contributed by atoms with van der Waals surface area (Å²) in [5.74, 6) is 0. The minimum atomic E-state index is 0.225. The first-order valence-corrected chi connectivity index (χ1v) is 14.4. The number of unbranched alkanes of at least 4 members (excludes halogenated alkanes) is 14. The van der Waals surface area contributed by atoms with Crippen molar-refractivity contribution in [2.45, 2.75) is 160 Å². The average Bonchev–Trinajstić information content (AvgIpc) is 2.74. The number of allylic oxidation sites excluding steroid dienone is 2. The average molecular weight is 462 g/mol. The first kappa shape index (κ1) is 30.4. The highest BCUT2D eigenvalue weighted by Crippen LogP contribution is 2.39. The van der Waals surface area contributed by atoms with Crippen LogP contribution in [0, 0.1) is 0 Å². The molecular weight excluding hydrogens is 402 g/mol. The molecule has 1 fully saturated rings.